The summed E-state index contributed by atoms with van der Waals surface area (Å²) in [5.41, 5.74) is 5.93. The predicted molar refractivity (Wildman–Crippen MR) is 62.5 cm³/mol. The summed E-state index contributed by atoms with van der Waals surface area (Å²) in [5.74, 6) is 0.744. The molecule has 0 saturated carbocycles. The number of benzene rings is 1. The average molecular weight is 241 g/mol. The van der Waals surface area contributed by atoms with Crippen molar-refractivity contribution >= 4 is 17.2 Å². The lowest BCUT2D eigenvalue weighted by atomic mass is 10.1. The minimum Gasteiger partial charge on any atom is -0.486 e. The number of ether oxygens (including phenoxy) is 2. The molecule has 86 valence electrons. The molecule has 0 saturated heterocycles. The van der Waals surface area contributed by atoms with Crippen molar-refractivity contribution in [1.82, 2.24) is 0 Å². The number of aryl methyl sites for hydroxylation is 1. The highest BCUT2D eigenvalue weighted by atomic mass is 32.1. The van der Waals surface area contributed by atoms with Crippen LogP contribution in [0.4, 0.5) is 4.39 Å². The normalized spacial score (nSPS) is 13.6. The van der Waals surface area contributed by atoms with Gasteiger partial charge in [-0.3, -0.25) is 0 Å². The van der Waals surface area contributed by atoms with Gasteiger partial charge in [-0.05, 0) is 18.1 Å². The van der Waals surface area contributed by atoms with Gasteiger partial charge in [0.25, 0.3) is 0 Å². The highest BCUT2D eigenvalue weighted by Crippen LogP contribution is 2.32. The van der Waals surface area contributed by atoms with E-state index < -0.39 is 0 Å². The van der Waals surface area contributed by atoms with Gasteiger partial charge in [-0.15, -0.1) is 0 Å². The van der Waals surface area contributed by atoms with Crippen LogP contribution in [0.2, 0.25) is 0 Å². The third kappa shape index (κ3) is 2.41. The fourth-order valence-electron chi connectivity index (χ4n) is 1.56. The van der Waals surface area contributed by atoms with Crippen LogP contribution in [-0.2, 0) is 6.42 Å². The van der Waals surface area contributed by atoms with Gasteiger partial charge in [-0.1, -0.05) is 12.2 Å². The van der Waals surface area contributed by atoms with E-state index >= 15 is 0 Å². The molecule has 5 heteroatoms. The lowest BCUT2D eigenvalue weighted by Gasteiger charge is -2.19. The second kappa shape index (κ2) is 4.65. The van der Waals surface area contributed by atoms with E-state index in [1.807, 2.05) is 0 Å². The minimum absolute atomic E-state index is 0.305. The molecule has 0 unspecified atom stereocenters. The van der Waals surface area contributed by atoms with Crippen molar-refractivity contribution < 1.29 is 13.9 Å². The van der Waals surface area contributed by atoms with E-state index in [2.05, 4.69) is 0 Å². The largest absolute Gasteiger partial charge is 0.486 e. The monoisotopic (exact) mass is 241 g/mol. The number of hydrogen-bond acceptors (Lipinski definition) is 3. The Labute approximate surface area is 98.3 Å². The van der Waals surface area contributed by atoms with Gasteiger partial charge in [0.2, 0.25) is 0 Å². The topological polar surface area (TPSA) is 44.5 Å². The van der Waals surface area contributed by atoms with Gasteiger partial charge in [0.15, 0.2) is 11.5 Å². The standard InChI is InChI=1S/C11H12FNO2S/c12-8-6-10-9(14-3-4-15-10)5-7(8)1-2-11(13)16/h5-6H,1-4H2,(H2,13,16). The first-order chi connectivity index (χ1) is 7.66. The summed E-state index contributed by atoms with van der Waals surface area (Å²) >= 11 is 4.76. The molecule has 0 amide bonds. The van der Waals surface area contributed by atoms with Crippen LogP contribution in [0.5, 0.6) is 11.5 Å². The van der Waals surface area contributed by atoms with Crippen molar-refractivity contribution in [3.05, 3.63) is 23.5 Å². The Morgan fingerprint density at radius 2 is 1.94 bits per heavy atom. The molecular formula is C11H12FNO2S. The van der Waals surface area contributed by atoms with Gasteiger partial charge in [0.05, 0.1) is 4.99 Å². The average Bonchev–Trinajstić information content (AvgIpc) is 2.26. The number of thiocarbonyl (C=S) groups is 1. The van der Waals surface area contributed by atoms with Gasteiger partial charge < -0.3 is 15.2 Å². The van der Waals surface area contributed by atoms with Crippen molar-refractivity contribution in [3.8, 4) is 11.5 Å². The van der Waals surface area contributed by atoms with Crippen molar-refractivity contribution in [3.63, 3.8) is 0 Å². The van der Waals surface area contributed by atoms with Gasteiger partial charge in [-0.2, -0.15) is 0 Å². The first-order valence-electron chi connectivity index (χ1n) is 5.03. The Kier molecular flexibility index (Phi) is 3.24. The van der Waals surface area contributed by atoms with Crippen LogP contribution in [0.15, 0.2) is 12.1 Å². The van der Waals surface area contributed by atoms with E-state index in [1.165, 1.54) is 6.07 Å². The summed E-state index contributed by atoms with van der Waals surface area (Å²) in [4.78, 5) is 0.384. The van der Waals surface area contributed by atoms with Crippen LogP contribution in [0, 0.1) is 5.82 Å². The molecule has 0 atom stereocenters. The maximum atomic E-state index is 13.6. The van der Waals surface area contributed by atoms with Crippen molar-refractivity contribution in [2.24, 2.45) is 5.73 Å². The quantitative estimate of drug-likeness (QED) is 0.820. The molecule has 2 rings (SSSR count). The smallest absolute Gasteiger partial charge is 0.164 e. The summed E-state index contributed by atoms with van der Waals surface area (Å²) in [6, 6.07) is 3.01. The highest BCUT2D eigenvalue weighted by molar-refractivity contribution is 7.80. The zero-order valence-corrected chi connectivity index (χ0v) is 9.48. The van der Waals surface area contributed by atoms with Crippen LogP contribution in [0.25, 0.3) is 0 Å². The number of halogens is 1. The Bertz CT molecular complexity index is 423. The number of hydrogen-bond donors (Lipinski definition) is 1. The van der Waals surface area contributed by atoms with E-state index in [4.69, 9.17) is 27.4 Å². The van der Waals surface area contributed by atoms with Crippen molar-refractivity contribution in [2.45, 2.75) is 12.8 Å². The highest BCUT2D eigenvalue weighted by Gasteiger charge is 2.15. The van der Waals surface area contributed by atoms with Gasteiger partial charge in [0.1, 0.15) is 19.0 Å². The van der Waals surface area contributed by atoms with E-state index in [1.54, 1.807) is 6.07 Å². The molecule has 1 aromatic carbocycles. The summed E-state index contributed by atoms with van der Waals surface area (Å²) in [6.45, 7) is 0.950. The summed E-state index contributed by atoms with van der Waals surface area (Å²) in [5, 5.41) is 0. The molecule has 1 aliphatic rings. The number of fused-ring (bicyclic) bond motifs is 1. The number of nitrogens with two attached hydrogens (primary N) is 1. The maximum absolute atomic E-state index is 13.6. The molecule has 2 N–H and O–H groups in total. The molecule has 16 heavy (non-hydrogen) atoms. The first kappa shape index (κ1) is 11.1. The molecule has 1 heterocycles. The second-order valence-electron chi connectivity index (χ2n) is 3.55. The zero-order chi connectivity index (χ0) is 11.5. The van der Waals surface area contributed by atoms with Gasteiger partial charge >= 0.3 is 0 Å². The van der Waals surface area contributed by atoms with Gasteiger partial charge in [0, 0.05) is 12.5 Å². The zero-order valence-electron chi connectivity index (χ0n) is 8.66. The summed E-state index contributed by atoms with van der Waals surface area (Å²) in [6.07, 6.45) is 0.976. The van der Waals surface area contributed by atoms with E-state index in [-0.39, 0.29) is 5.82 Å². The van der Waals surface area contributed by atoms with Crippen molar-refractivity contribution in [1.29, 1.82) is 0 Å². The fraction of sp³-hybridized carbons (Fsp3) is 0.364. The van der Waals surface area contributed by atoms with Crippen LogP contribution >= 0.6 is 12.2 Å². The van der Waals surface area contributed by atoms with E-state index in [9.17, 15) is 4.39 Å². The SMILES string of the molecule is NC(=S)CCc1cc2c(cc1F)OCCO2. The van der Waals surface area contributed by atoms with Crippen LogP contribution in [-0.4, -0.2) is 18.2 Å². The molecule has 1 aromatic rings. The second-order valence-corrected chi connectivity index (χ2v) is 4.08. The first-order valence-corrected chi connectivity index (χ1v) is 5.44. The third-order valence-electron chi connectivity index (χ3n) is 2.35. The molecule has 0 bridgehead atoms. The lowest BCUT2D eigenvalue weighted by Crippen LogP contribution is -2.16. The van der Waals surface area contributed by atoms with E-state index in [0.717, 1.165) is 0 Å². The number of rotatable bonds is 3. The fourth-order valence-corrected chi connectivity index (χ4v) is 1.66. The minimum atomic E-state index is -0.305. The van der Waals surface area contributed by atoms with E-state index in [0.29, 0.717) is 48.1 Å². The Morgan fingerprint density at radius 1 is 1.31 bits per heavy atom. The third-order valence-corrected chi connectivity index (χ3v) is 2.56. The predicted octanol–water partition coefficient (Wildman–Crippen LogP) is 1.82. The maximum Gasteiger partial charge on any atom is 0.164 e. The molecular weight excluding hydrogens is 229 g/mol. The van der Waals surface area contributed by atoms with Crippen LogP contribution in [0.1, 0.15) is 12.0 Å². The van der Waals surface area contributed by atoms with Crippen molar-refractivity contribution in [2.75, 3.05) is 13.2 Å². The lowest BCUT2D eigenvalue weighted by molar-refractivity contribution is 0.170. The summed E-state index contributed by atoms with van der Waals surface area (Å²) < 4.78 is 24.2. The van der Waals surface area contributed by atoms with Gasteiger partial charge in [-0.25, -0.2) is 4.39 Å². The molecule has 0 radical (unpaired) electrons. The Morgan fingerprint density at radius 3 is 2.56 bits per heavy atom. The molecule has 1 aliphatic heterocycles. The summed E-state index contributed by atoms with van der Waals surface area (Å²) in [7, 11) is 0. The molecule has 0 fully saturated rings. The molecule has 0 aliphatic carbocycles. The Balaban J connectivity index is 2.21. The molecule has 3 nitrogen and oxygen atoms in total. The molecule has 0 spiro atoms. The Hall–Kier alpha value is -1.36. The van der Waals surface area contributed by atoms with Crippen LogP contribution in [0.3, 0.4) is 0 Å². The molecule has 0 aromatic heterocycles. The van der Waals surface area contributed by atoms with Crippen LogP contribution < -0.4 is 15.2 Å².